The lowest BCUT2D eigenvalue weighted by atomic mass is 10.2. The van der Waals surface area contributed by atoms with Gasteiger partial charge in [0.15, 0.2) is 0 Å². The number of halogens is 1. The molecule has 0 radical (unpaired) electrons. The fourth-order valence-electron chi connectivity index (χ4n) is 2.45. The molecule has 130 valence electrons. The van der Waals surface area contributed by atoms with E-state index in [0.717, 1.165) is 20.8 Å². The summed E-state index contributed by atoms with van der Waals surface area (Å²) in [5, 5.41) is 4.39. The van der Waals surface area contributed by atoms with Gasteiger partial charge in [0.2, 0.25) is 0 Å². The molecule has 1 aromatic heterocycles. The molecule has 25 heavy (non-hydrogen) atoms. The van der Waals surface area contributed by atoms with Gasteiger partial charge in [0.1, 0.15) is 10.8 Å². The third-order valence-corrected chi connectivity index (χ3v) is 4.99. The topological polar surface area (TPSA) is 54.5 Å². The van der Waals surface area contributed by atoms with E-state index in [1.54, 1.807) is 48.6 Å². The number of nitrogens with zero attached hydrogens (tertiary/aromatic N) is 2. The lowest BCUT2D eigenvalue weighted by Gasteiger charge is -2.17. The first-order valence-corrected chi connectivity index (χ1v) is 8.92. The summed E-state index contributed by atoms with van der Waals surface area (Å²) in [5.41, 5.74) is 1.79. The molecule has 0 saturated carbocycles. The van der Waals surface area contributed by atoms with E-state index in [1.807, 2.05) is 24.3 Å². The van der Waals surface area contributed by atoms with Crippen LogP contribution in [0.3, 0.4) is 0 Å². The first kappa shape index (κ1) is 17.5. The van der Waals surface area contributed by atoms with Crippen molar-refractivity contribution in [3.05, 3.63) is 58.1 Å². The van der Waals surface area contributed by atoms with E-state index < -0.39 is 0 Å². The molecule has 0 spiro atoms. The second-order valence-corrected chi connectivity index (χ2v) is 7.10. The first-order valence-electron chi connectivity index (χ1n) is 7.72. The molecule has 2 aromatic carbocycles. The van der Waals surface area contributed by atoms with Crippen LogP contribution in [0.4, 0.5) is 4.79 Å². The molecule has 2 amide bonds. The van der Waals surface area contributed by atoms with Gasteiger partial charge >= 0.3 is 6.03 Å². The van der Waals surface area contributed by atoms with Crippen molar-refractivity contribution in [3.63, 3.8) is 0 Å². The minimum atomic E-state index is -0.179. The van der Waals surface area contributed by atoms with E-state index in [2.05, 4.69) is 10.3 Å². The normalized spacial score (nSPS) is 10.7. The fraction of sp³-hybridized carbons (Fsp3) is 0.222. The molecule has 7 heteroatoms. The molecule has 3 aromatic rings. The van der Waals surface area contributed by atoms with E-state index in [1.165, 1.54) is 0 Å². The zero-order chi connectivity index (χ0) is 17.8. The highest BCUT2D eigenvalue weighted by Crippen LogP contribution is 2.23. The van der Waals surface area contributed by atoms with Gasteiger partial charge in [0, 0.05) is 24.2 Å². The largest absolute Gasteiger partial charge is 0.496 e. The number of carbonyl (C=O) groups excluding carboxylic acids is 1. The van der Waals surface area contributed by atoms with E-state index in [-0.39, 0.29) is 6.03 Å². The Bertz CT molecular complexity index is 864. The second-order valence-electron chi connectivity index (χ2n) is 5.55. The van der Waals surface area contributed by atoms with Crippen LogP contribution in [-0.2, 0) is 13.1 Å². The number of urea groups is 1. The third kappa shape index (κ3) is 4.21. The quantitative estimate of drug-likeness (QED) is 0.723. The number of fused-ring (bicyclic) bond motifs is 1. The fourth-order valence-corrected chi connectivity index (χ4v) is 3.67. The average molecular weight is 376 g/mol. The van der Waals surface area contributed by atoms with Gasteiger partial charge in [0.05, 0.1) is 23.9 Å². The summed E-state index contributed by atoms with van der Waals surface area (Å²) in [6.45, 7) is 0.796. The number of nitrogens with one attached hydrogen (secondary N) is 1. The predicted molar refractivity (Wildman–Crippen MR) is 101 cm³/mol. The zero-order valence-electron chi connectivity index (χ0n) is 14.0. The molecule has 0 atom stereocenters. The number of methoxy groups -OCH3 is 1. The minimum absolute atomic E-state index is 0.179. The van der Waals surface area contributed by atoms with Crippen LogP contribution in [-0.4, -0.2) is 30.1 Å². The number of aromatic nitrogens is 1. The Morgan fingerprint density at radius 3 is 2.88 bits per heavy atom. The lowest BCUT2D eigenvalue weighted by molar-refractivity contribution is 0.206. The number of thiazole rings is 1. The van der Waals surface area contributed by atoms with Gasteiger partial charge in [-0.1, -0.05) is 23.7 Å². The number of para-hydroxylation sites is 1. The van der Waals surface area contributed by atoms with Crippen LogP contribution in [0.25, 0.3) is 10.2 Å². The molecule has 0 aliphatic heterocycles. The second kappa shape index (κ2) is 7.72. The molecular formula is C18H18ClN3O2S. The Kier molecular flexibility index (Phi) is 5.40. The summed E-state index contributed by atoms with van der Waals surface area (Å²) in [5.74, 6) is 0.693. The van der Waals surface area contributed by atoms with Crippen molar-refractivity contribution >= 4 is 39.2 Å². The van der Waals surface area contributed by atoms with Gasteiger partial charge in [-0.05, 0) is 30.3 Å². The molecule has 0 saturated heterocycles. The maximum absolute atomic E-state index is 12.3. The number of rotatable bonds is 5. The van der Waals surface area contributed by atoms with Crippen molar-refractivity contribution in [2.45, 2.75) is 13.1 Å². The van der Waals surface area contributed by atoms with Gasteiger partial charge in [-0.25, -0.2) is 9.78 Å². The lowest BCUT2D eigenvalue weighted by Crippen LogP contribution is -2.36. The first-order chi connectivity index (χ1) is 12.1. The molecule has 0 unspecified atom stereocenters. The summed E-state index contributed by atoms with van der Waals surface area (Å²) in [6.07, 6.45) is 0. The smallest absolute Gasteiger partial charge is 0.317 e. The minimum Gasteiger partial charge on any atom is -0.496 e. The van der Waals surface area contributed by atoms with Crippen LogP contribution in [0.2, 0.25) is 5.02 Å². The van der Waals surface area contributed by atoms with E-state index in [9.17, 15) is 4.79 Å². The Morgan fingerprint density at radius 1 is 1.32 bits per heavy atom. The molecule has 1 N–H and O–H groups in total. The highest BCUT2D eigenvalue weighted by atomic mass is 35.5. The molecule has 1 heterocycles. The number of hydrogen-bond acceptors (Lipinski definition) is 4. The number of hydrogen-bond donors (Lipinski definition) is 1. The van der Waals surface area contributed by atoms with Crippen LogP contribution < -0.4 is 10.1 Å². The summed E-state index contributed by atoms with van der Waals surface area (Å²) in [7, 11) is 3.34. The number of benzene rings is 2. The molecule has 0 aliphatic rings. The van der Waals surface area contributed by atoms with E-state index in [0.29, 0.717) is 23.9 Å². The standard InChI is InChI=1S/C18H18ClN3O2S/c1-22(11-17-21-14-5-3-4-6-16(14)25-17)18(23)20-10-12-9-13(19)7-8-15(12)24-2/h3-9H,10-11H2,1-2H3,(H,20,23). The summed E-state index contributed by atoms with van der Waals surface area (Å²) in [4.78, 5) is 18.5. The SMILES string of the molecule is COc1ccc(Cl)cc1CNC(=O)N(C)Cc1nc2ccccc2s1. The molecule has 0 aliphatic carbocycles. The maximum Gasteiger partial charge on any atom is 0.317 e. The van der Waals surface area contributed by atoms with Crippen LogP contribution in [0.5, 0.6) is 5.75 Å². The Balaban J connectivity index is 1.62. The van der Waals surface area contributed by atoms with Crippen LogP contribution in [0, 0.1) is 0 Å². The van der Waals surface area contributed by atoms with Gasteiger partial charge in [-0.2, -0.15) is 0 Å². The number of carbonyl (C=O) groups is 1. The van der Waals surface area contributed by atoms with Crippen molar-refractivity contribution in [2.24, 2.45) is 0 Å². The number of ether oxygens (including phenoxy) is 1. The molecule has 0 fully saturated rings. The Labute approximate surface area is 155 Å². The van der Waals surface area contributed by atoms with Gasteiger partial charge in [-0.15, -0.1) is 11.3 Å². The monoisotopic (exact) mass is 375 g/mol. The summed E-state index contributed by atoms with van der Waals surface area (Å²) < 4.78 is 6.41. The van der Waals surface area contributed by atoms with Crippen molar-refractivity contribution in [3.8, 4) is 5.75 Å². The summed E-state index contributed by atoms with van der Waals surface area (Å²) in [6, 6.07) is 13.1. The highest BCUT2D eigenvalue weighted by Gasteiger charge is 2.13. The van der Waals surface area contributed by atoms with Crippen molar-refractivity contribution in [1.82, 2.24) is 15.2 Å². The predicted octanol–water partition coefficient (Wildman–Crippen LogP) is 4.30. The summed E-state index contributed by atoms with van der Waals surface area (Å²) >= 11 is 7.61. The molecule has 3 rings (SSSR count). The van der Waals surface area contributed by atoms with Gasteiger partial charge in [-0.3, -0.25) is 0 Å². The van der Waals surface area contributed by atoms with Crippen LogP contribution >= 0.6 is 22.9 Å². The Hall–Kier alpha value is -2.31. The third-order valence-electron chi connectivity index (χ3n) is 3.73. The van der Waals surface area contributed by atoms with Crippen molar-refractivity contribution < 1.29 is 9.53 Å². The van der Waals surface area contributed by atoms with Gasteiger partial charge < -0.3 is 15.0 Å². The molecular weight excluding hydrogens is 358 g/mol. The van der Waals surface area contributed by atoms with E-state index >= 15 is 0 Å². The number of amides is 2. The molecule has 0 bridgehead atoms. The average Bonchev–Trinajstić information content (AvgIpc) is 3.01. The Morgan fingerprint density at radius 2 is 2.12 bits per heavy atom. The van der Waals surface area contributed by atoms with E-state index in [4.69, 9.17) is 16.3 Å². The van der Waals surface area contributed by atoms with Crippen molar-refractivity contribution in [2.75, 3.05) is 14.2 Å². The highest BCUT2D eigenvalue weighted by molar-refractivity contribution is 7.18. The van der Waals surface area contributed by atoms with Crippen molar-refractivity contribution in [1.29, 1.82) is 0 Å². The van der Waals surface area contributed by atoms with Gasteiger partial charge in [0.25, 0.3) is 0 Å². The molecule has 5 nitrogen and oxygen atoms in total. The van der Waals surface area contributed by atoms with Crippen LogP contribution in [0.15, 0.2) is 42.5 Å². The van der Waals surface area contributed by atoms with Crippen LogP contribution in [0.1, 0.15) is 10.6 Å². The maximum atomic E-state index is 12.3. The zero-order valence-corrected chi connectivity index (χ0v) is 15.5.